The van der Waals surface area contributed by atoms with E-state index in [2.05, 4.69) is 9.84 Å². The van der Waals surface area contributed by atoms with E-state index in [1.165, 1.54) is 19.2 Å². The Hall–Kier alpha value is -2.36. The molecule has 0 spiro atoms. The molecule has 0 aliphatic carbocycles. The highest BCUT2D eigenvalue weighted by molar-refractivity contribution is 6.35. The molecule has 0 fully saturated rings. The van der Waals surface area contributed by atoms with Gasteiger partial charge < -0.3 is 9.84 Å². The summed E-state index contributed by atoms with van der Waals surface area (Å²) in [6.45, 7) is -2.27. The summed E-state index contributed by atoms with van der Waals surface area (Å²) in [6, 6.07) is 3.60. The van der Waals surface area contributed by atoms with Gasteiger partial charge in [-0.25, -0.2) is 4.79 Å². The van der Waals surface area contributed by atoms with Crippen LogP contribution in [0, 0.1) is 5.92 Å². The molecule has 0 saturated carbocycles. The summed E-state index contributed by atoms with van der Waals surface area (Å²) in [4.78, 5) is 11.1. The summed E-state index contributed by atoms with van der Waals surface area (Å²) >= 11 is 6.00. The molecule has 27 heavy (non-hydrogen) atoms. The van der Waals surface area contributed by atoms with Gasteiger partial charge >= 0.3 is 18.8 Å². The van der Waals surface area contributed by atoms with Gasteiger partial charge in [-0.05, 0) is 24.1 Å². The molecular formula is C16H14ClF5N2O3. The number of hydrogen-bond donors (Lipinski definition) is 1. The van der Waals surface area contributed by atoms with Crippen LogP contribution in [0.5, 0.6) is 5.75 Å². The van der Waals surface area contributed by atoms with Crippen molar-refractivity contribution in [3.8, 4) is 17.0 Å². The first-order chi connectivity index (χ1) is 12.4. The Labute approximate surface area is 155 Å². The van der Waals surface area contributed by atoms with E-state index in [0.29, 0.717) is 0 Å². The number of halogens is 6. The van der Waals surface area contributed by atoms with Crippen molar-refractivity contribution in [3.05, 3.63) is 34.5 Å². The zero-order valence-corrected chi connectivity index (χ0v) is 14.8. The highest BCUT2D eigenvalue weighted by Crippen LogP contribution is 2.38. The third-order valence-electron chi connectivity index (χ3n) is 3.81. The first kappa shape index (κ1) is 20.9. The SMILES string of the molecule is C[C@H](Cc1ccc(-c2c(Cl)c(C(=O)O)nn2C)c(OC(F)F)c1)C(F)(F)F. The fourth-order valence-electron chi connectivity index (χ4n) is 2.48. The largest absolute Gasteiger partial charge is 0.476 e. The minimum absolute atomic E-state index is 0.0138. The molecule has 2 rings (SSSR count). The number of rotatable bonds is 6. The van der Waals surface area contributed by atoms with E-state index in [1.807, 2.05) is 0 Å². The number of aromatic nitrogens is 2. The van der Waals surface area contributed by atoms with Crippen molar-refractivity contribution in [2.75, 3.05) is 0 Å². The van der Waals surface area contributed by atoms with Crippen LogP contribution in [0.2, 0.25) is 5.02 Å². The van der Waals surface area contributed by atoms with Crippen LogP contribution in [0.15, 0.2) is 18.2 Å². The summed E-state index contributed by atoms with van der Waals surface area (Å²) in [7, 11) is 1.35. The van der Waals surface area contributed by atoms with E-state index in [-0.39, 0.29) is 21.8 Å². The van der Waals surface area contributed by atoms with Crippen molar-refractivity contribution in [3.63, 3.8) is 0 Å². The Kier molecular flexibility index (Phi) is 5.98. The monoisotopic (exact) mass is 412 g/mol. The average molecular weight is 413 g/mol. The molecule has 0 radical (unpaired) electrons. The molecule has 148 valence electrons. The predicted molar refractivity (Wildman–Crippen MR) is 86.2 cm³/mol. The molecular weight excluding hydrogens is 399 g/mol. The maximum Gasteiger partial charge on any atom is 0.391 e. The summed E-state index contributed by atoms with van der Waals surface area (Å²) < 4.78 is 69.3. The molecule has 1 N–H and O–H groups in total. The van der Waals surface area contributed by atoms with Gasteiger partial charge in [0, 0.05) is 12.6 Å². The molecule has 1 aromatic carbocycles. The molecule has 1 heterocycles. The Bertz CT molecular complexity index is 851. The summed E-state index contributed by atoms with van der Waals surface area (Å²) in [5, 5.41) is 12.5. The molecule has 0 saturated heterocycles. The van der Waals surface area contributed by atoms with Gasteiger partial charge in [0.05, 0.1) is 11.6 Å². The molecule has 11 heteroatoms. The number of carboxylic acid groups (broad SMARTS) is 1. The Morgan fingerprint density at radius 2 is 2.00 bits per heavy atom. The topological polar surface area (TPSA) is 64.3 Å². The van der Waals surface area contributed by atoms with Crippen LogP contribution in [0.1, 0.15) is 23.0 Å². The van der Waals surface area contributed by atoms with Gasteiger partial charge in [0.25, 0.3) is 0 Å². The molecule has 0 aliphatic rings. The maximum atomic E-state index is 12.8. The second-order valence-electron chi connectivity index (χ2n) is 5.80. The quantitative estimate of drug-likeness (QED) is 0.693. The van der Waals surface area contributed by atoms with Crippen LogP contribution in [-0.4, -0.2) is 33.6 Å². The summed E-state index contributed by atoms with van der Waals surface area (Å²) in [5.41, 5.74) is -0.408. The number of nitrogens with zero attached hydrogens (tertiary/aromatic N) is 2. The van der Waals surface area contributed by atoms with Gasteiger partial charge in [-0.3, -0.25) is 4.68 Å². The van der Waals surface area contributed by atoms with Crippen LogP contribution < -0.4 is 4.74 Å². The minimum Gasteiger partial charge on any atom is -0.476 e. The number of hydrogen-bond acceptors (Lipinski definition) is 3. The lowest BCUT2D eigenvalue weighted by Crippen LogP contribution is -2.21. The number of carbonyl (C=O) groups is 1. The third kappa shape index (κ3) is 4.68. The number of carboxylic acids is 1. The van der Waals surface area contributed by atoms with Crippen molar-refractivity contribution < 1.29 is 36.6 Å². The smallest absolute Gasteiger partial charge is 0.391 e. The fraction of sp³-hybridized carbons (Fsp3) is 0.375. The summed E-state index contributed by atoms with van der Waals surface area (Å²) in [5.74, 6) is -3.55. The van der Waals surface area contributed by atoms with Gasteiger partial charge in [0.1, 0.15) is 10.8 Å². The molecule has 2 aromatic rings. The predicted octanol–water partition coefficient (Wildman–Crippen LogP) is 4.78. The first-order valence-electron chi connectivity index (χ1n) is 7.52. The normalized spacial score (nSPS) is 13.1. The lowest BCUT2D eigenvalue weighted by atomic mass is 9.98. The number of aromatic carboxylic acids is 1. The van der Waals surface area contributed by atoms with Crippen LogP contribution >= 0.6 is 11.6 Å². The average Bonchev–Trinajstić information content (AvgIpc) is 2.81. The van der Waals surface area contributed by atoms with Crippen LogP contribution in [-0.2, 0) is 13.5 Å². The number of aryl methyl sites for hydroxylation is 1. The van der Waals surface area contributed by atoms with Gasteiger partial charge in [0.2, 0.25) is 0 Å². The van der Waals surface area contributed by atoms with Gasteiger partial charge in [-0.15, -0.1) is 0 Å². The van der Waals surface area contributed by atoms with Crippen LogP contribution in [0.3, 0.4) is 0 Å². The van der Waals surface area contributed by atoms with Crippen molar-refractivity contribution in [1.82, 2.24) is 9.78 Å². The van der Waals surface area contributed by atoms with E-state index < -0.39 is 42.5 Å². The van der Waals surface area contributed by atoms with E-state index in [1.54, 1.807) is 0 Å². The lowest BCUT2D eigenvalue weighted by molar-refractivity contribution is -0.169. The standard InChI is InChI=1S/C16H14ClF5N2O3/c1-7(16(20,21)22)5-8-3-4-9(10(6-8)27-15(18)19)13-11(17)12(14(25)26)23-24(13)2/h3-4,6-7,15H,5H2,1-2H3,(H,25,26)/t7-/m1/s1. The van der Waals surface area contributed by atoms with Crippen molar-refractivity contribution in [2.24, 2.45) is 13.0 Å². The van der Waals surface area contributed by atoms with E-state index in [4.69, 9.17) is 16.7 Å². The Morgan fingerprint density at radius 1 is 1.37 bits per heavy atom. The van der Waals surface area contributed by atoms with E-state index in [9.17, 15) is 26.7 Å². The molecule has 5 nitrogen and oxygen atoms in total. The van der Waals surface area contributed by atoms with Gasteiger partial charge in [0.15, 0.2) is 5.69 Å². The Balaban J connectivity index is 2.53. The lowest BCUT2D eigenvalue weighted by Gasteiger charge is -2.17. The number of alkyl halides is 5. The zero-order valence-electron chi connectivity index (χ0n) is 14.0. The van der Waals surface area contributed by atoms with Crippen LogP contribution in [0.25, 0.3) is 11.3 Å². The molecule has 1 atom stereocenters. The van der Waals surface area contributed by atoms with E-state index >= 15 is 0 Å². The highest BCUT2D eigenvalue weighted by atomic mass is 35.5. The van der Waals surface area contributed by atoms with Gasteiger partial charge in [-0.1, -0.05) is 24.6 Å². The maximum absolute atomic E-state index is 12.8. The van der Waals surface area contributed by atoms with Crippen molar-refractivity contribution in [1.29, 1.82) is 0 Å². The van der Waals surface area contributed by atoms with E-state index in [0.717, 1.165) is 17.7 Å². The molecule has 0 amide bonds. The second-order valence-corrected chi connectivity index (χ2v) is 6.17. The molecule has 0 bridgehead atoms. The molecule has 1 aromatic heterocycles. The minimum atomic E-state index is -4.44. The molecule has 0 aliphatic heterocycles. The van der Waals surface area contributed by atoms with Gasteiger partial charge in [-0.2, -0.15) is 27.1 Å². The summed E-state index contributed by atoms with van der Waals surface area (Å²) in [6.07, 6.45) is -4.88. The van der Waals surface area contributed by atoms with Crippen molar-refractivity contribution >= 4 is 17.6 Å². The highest BCUT2D eigenvalue weighted by Gasteiger charge is 2.36. The van der Waals surface area contributed by atoms with Crippen molar-refractivity contribution in [2.45, 2.75) is 26.1 Å². The first-order valence-corrected chi connectivity index (χ1v) is 7.90. The third-order valence-corrected chi connectivity index (χ3v) is 4.17. The molecule has 0 unspecified atom stereocenters. The van der Waals surface area contributed by atoms with Crippen LogP contribution in [0.4, 0.5) is 22.0 Å². The second kappa shape index (κ2) is 7.71. The fourth-order valence-corrected chi connectivity index (χ4v) is 2.82. The zero-order chi connectivity index (χ0) is 20.5. The Morgan fingerprint density at radius 3 is 2.48 bits per heavy atom. The number of benzene rings is 1. The number of ether oxygens (including phenoxy) is 1.